The highest BCUT2D eigenvalue weighted by molar-refractivity contribution is 4.77. The Morgan fingerprint density at radius 1 is 1.44 bits per heavy atom. The number of hydrogen-bond acceptors (Lipinski definition) is 3. The second-order valence-corrected chi connectivity index (χ2v) is 5.36. The number of nitrogens with zero attached hydrogens (tertiary/aromatic N) is 1. The summed E-state index contributed by atoms with van der Waals surface area (Å²) >= 11 is 0. The normalized spacial score (nSPS) is 26.6. The van der Waals surface area contributed by atoms with Gasteiger partial charge in [-0.25, -0.2) is 0 Å². The van der Waals surface area contributed by atoms with E-state index in [4.69, 9.17) is 4.74 Å². The lowest BCUT2D eigenvalue weighted by Gasteiger charge is -2.36. The minimum atomic E-state index is 0.453. The molecule has 0 aromatic heterocycles. The fourth-order valence-corrected chi connectivity index (χ4v) is 2.44. The lowest BCUT2D eigenvalue weighted by molar-refractivity contribution is 0.126. The minimum absolute atomic E-state index is 0.453. The molecule has 96 valence electrons. The number of likely N-dealkylation sites (tertiary alicyclic amines) is 1. The number of ether oxygens (including phenoxy) is 1. The molecule has 1 aliphatic rings. The number of piperidine rings is 1. The van der Waals surface area contributed by atoms with E-state index < -0.39 is 0 Å². The average Bonchev–Trinajstić information content (AvgIpc) is 2.26. The minimum Gasteiger partial charge on any atom is -0.383 e. The summed E-state index contributed by atoms with van der Waals surface area (Å²) in [6.45, 7) is 11.3. The van der Waals surface area contributed by atoms with Crippen molar-refractivity contribution in [2.75, 3.05) is 33.4 Å². The van der Waals surface area contributed by atoms with Crippen molar-refractivity contribution in [1.29, 1.82) is 0 Å². The Hall–Kier alpha value is -0.120. The Morgan fingerprint density at radius 2 is 2.19 bits per heavy atom. The van der Waals surface area contributed by atoms with Crippen LogP contribution in [0.3, 0.4) is 0 Å². The molecule has 0 radical (unpaired) electrons. The van der Waals surface area contributed by atoms with E-state index in [1.807, 2.05) is 0 Å². The third-order valence-electron chi connectivity index (χ3n) is 3.49. The van der Waals surface area contributed by atoms with E-state index in [9.17, 15) is 0 Å². The molecule has 1 aliphatic heterocycles. The monoisotopic (exact) mass is 228 g/mol. The van der Waals surface area contributed by atoms with Crippen LogP contribution in [0, 0.1) is 5.92 Å². The van der Waals surface area contributed by atoms with Gasteiger partial charge >= 0.3 is 0 Å². The average molecular weight is 228 g/mol. The molecule has 3 heteroatoms. The maximum atomic E-state index is 5.12. The topological polar surface area (TPSA) is 24.5 Å². The van der Waals surface area contributed by atoms with Crippen LogP contribution in [0.15, 0.2) is 0 Å². The fraction of sp³-hybridized carbons (Fsp3) is 1.00. The van der Waals surface area contributed by atoms with E-state index in [2.05, 4.69) is 31.0 Å². The molecule has 0 aromatic rings. The molecule has 1 heterocycles. The van der Waals surface area contributed by atoms with Gasteiger partial charge in [0.05, 0.1) is 6.61 Å². The molecule has 3 atom stereocenters. The highest BCUT2D eigenvalue weighted by atomic mass is 16.5. The van der Waals surface area contributed by atoms with E-state index in [0.717, 1.165) is 19.1 Å². The Morgan fingerprint density at radius 3 is 2.81 bits per heavy atom. The van der Waals surface area contributed by atoms with Gasteiger partial charge in [0.2, 0.25) is 0 Å². The predicted octanol–water partition coefficient (Wildman–Crippen LogP) is 1.73. The van der Waals surface area contributed by atoms with Crippen molar-refractivity contribution in [2.24, 2.45) is 5.92 Å². The quantitative estimate of drug-likeness (QED) is 0.749. The summed E-state index contributed by atoms with van der Waals surface area (Å²) in [6.07, 6.45) is 2.76. The summed E-state index contributed by atoms with van der Waals surface area (Å²) in [5, 5.41) is 3.53. The van der Waals surface area contributed by atoms with Crippen LogP contribution < -0.4 is 5.32 Å². The summed E-state index contributed by atoms with van der Waals surface area (Å²) < 4.78 is 5.12. The molecule has 0 bridgehead atoms. The van der Waals surface area contributed by atoms with E-state index >= 15 is 0 Å². The van der Waals surface area contributed by atoms with Crippen LogP contribution in [0.2, 0.25) is 0 Å². The summed E-state index contributed by atoms with van der Waals surface area (Å²) in [5.74, 6) is 0.868. The third kappa shape index (κ3) is 4.81. The van der Waals surface area contributed by atoms with Gasteiger partial charge in [0, 0.05) is 32.3 Å². The molecular weight excluding hydrogens is 200 g/mol. The van der Waals surface area contributed by atoms with Gasteiger partial charge in [0.1, 0.15) is 0 Å². The van der Waals surface area contributed by atoms with E-state index in [0.29, 0.717) is 12.1 Å². The van der Waals surface area contributed by atoms with E-state index in [1.54, 1.807) is 7.11 Å². The zero-order valence-corrected chi connectivity index (χ0v) is 11.3. The van der Waals surface area contributed by atoms with Gasteiger partial charge < -0.3 is 10.1 Å². The van der Waals surface area contributed by atoms with Crippen LogP contribution in [0.4, 0.5) is 0 Å². The first kappa shape index (κ1) is 13.9. The van der Waals surface area contributed by atoms with Gasteiger partial charge in [0.15, 0.2) is 0 Å². The van der Waals surface area contributed by atoms with Gasteiger partial charge in [-0.1, -0.05) is 6.92 Å². The first-order valence-corrected chi connectivity index (χ1v) is 6.59. The maximum absolute atomic E-state index is 5.12. The lowest BCUT2D eigenvalue weighted by Crippen LogP contribution is -2.47. The number of rotatable bonds is 6. The van der Waals surface area contributed by atoms with Crippen LogP contribution in [-0.2, 0) is 4.74 Å². The number of hydrogen-bond donors (Lipinski definition) is 1. The highest BCUT2D eigenvalue weighted by Gasteiger charge is 2.20. The van der Waals surface area contributed by atoms with Crippen molar-refractivity contribution in [3.8, 4) is 0 Å². The first-order valence-electron chi connectivity index (χ1n) is 6.59. The second kappa shape index (κ2) is 7.25. The van der Waals surface area contributed by atoms with Crippen molar-refractivity contribution < 1.29 is 4.74 Å². The third-order valence-corrected chi connectivity index (χ3v) is 3.49. The molecule has 0 aliphatic carbocycles. The SMILES string of the molecule is COCC(C)NCC(C)N1CCCC(C)C1. The summed E-state index contributed by atoms with van der Waals surface area (Å²) in [4.78, 5) is 2.61. The molecule has 16 heavy (non-hydrogen) atoms. The van der Waals surface area contributed by atoms with Gasteiger partial charge in [0.25, 0.3) is 0 Å². The Labute approximate surface area is 101 Å². The molecule has 1 fully saturated rings. The molecule has 0 saturated carbocycles. The summed E-state index contributed by atoms with van der Waals surface area (Å²) in [6, 6.07) is 1.09. The molecule has 0 amide bonds. The van der Waals surface area contributed by atoms with Crippen molar-refractivity contribution in [3.63, 3.8) is 0 Å². The fourth-order valence-electron chi connectivity index (χ4n) is 2.44. The molecule has 0 aromatic carbocycles. The standard InChI is InChI=1S/C13H28N2O/c1-11-6-5-7-15(9-11)13(3)8-14-12(2)10-16-4/h11-14H,5-10H2,1-4H3. The Bertz CT molecular complexity index is 187. The largest absolute Gasteiger partial charge is 0.383 e. The lowest BCUT2D eigenvalue weighted by atomic mass is 9.99. The van der Waals surface area contributed by atoms with Crippen molar-refractivity contribution >= 4 is 0 Å². The van der Waals surface area contributed by atoms with Crippen molar-refractivity contribution in [3.05, 3.63) is 0 Å². The van der Waals surface area contributed by atoms with Gasteiger partial charge in [-0.05, 0) is 39.2 Å². The summed E-state index contributed by atoms with van der Waals surface area (Å²) in [7, 11) is 1.76. The van der Waals surface area contributed by atoms with Crippen LogP contribution in [0.5, 0.6) is 0 Å². The van der Waals surface area contributed by atoms with Crippen molar-refractivity contribution in [1.82, 2.24) is 10.2 Å². The first-order chi connectivity index (χ1) is 7.63. The molecule has 0 spiro atoms. The van der Waals surface area contributed by atoms with Gasteiger partial charge in [-0.15, -0.1) is 0 Å². The predicted molar refractivity (Wildman–Crippen MR) is 68.8 cm³/mol. The zero-order valence-electron chi connectivity index (χ0n) is 11.3. The van der Waals surface area contributed by atoms with Crippen LogP contribution >= 0.6 is 0 Å². The molecular formula is C13H28N2O. The molecule has 1 rings (SSSR count). The van der Waals surface area contributed by atoms with Crippen LogP contribution in [-0.4, -0.2) is 50.3 Å². The van der Waals surface area contributed by atoms with Gasteiger partial charge in [-0.3, -0.25) is 4.90 Å². The van der Waals surface area contributed by atoms with E-state index in [-0.39, 0.29) is 0 Å². The smallest absolute Gasteiger partial charge is 0.0613 e. The van der Waals surface area contributed by atoms with Crippen LogP contribution in [0.1, 0.15) is 33.6 Å². The van der Waals surface area contributed by atoms with Crippen molar-refractivity contribution in [2.45, 2.75) is 45.7 Å². The maximum Gasteiger partial charge on any atom is 0.0613 e. The Balaban J connectivity index is 2.20. The summed E-state index contributed by atoms with van der Waals surface area (Å²) in [5.41, 5.74) is 0. The molecule has 3 unspecified atom stereocenters. The molecule has 3 nitrogen and oxygen atoms in total. The van der Waals surface area contributed by atoms with Crippen LogP contribution in [0.25, 0.3) is 0 Å². The van der Waals surface area contributed by atoms with E-state index in [1.165, 1.54) is 25.9 Å². The highest BCUT2D eigenvalue weighted by Crippen LogP contribution is 2.17. The molecule has 1 N–H and O–H groups in total. The second-order valence-electron chi connectivity index (χ2n) is 5.36. The van der Waals surface area contributed by atoms with Gasteiger partial charge in [-0.2, -0.15) is 0 Å². The molecule has 1 saturated heterocycles. The number of methoxy groups -OCH3 is 1. The zero-order chi connectivity index (χ0) is 12.0. The number of nitrogens with one attached hydrogen (secondary N) is 1. The Kier molecular flexibility index (Phi) is 6.32.